The van der Waals surface area contributed by atoms with E-state index in [0.29, 0.717) is 17.3 Å². The molecule has 2 heteroatoms. The lowest BCUT2D eigenvalue weighted by Gasteiger charge is -2.58. The Labute approximate surface area is 255 Å². The summed E-state index contributed by atoms with van der Waals surface area (Å²) in [5, 5.41) is 0. The fraction of sp³-hybridized carbons (Fsp3) is 0.923. The molecule has 0 heterocycles. The van der Waals surface area contributed by atoms with Crippen molar-refractivity contribution >= 4 is 5.97 Å². The van der Waals surface area contributed by atoms with Crippen LogP contribution in [0.4, 0.5) is 0 Å². The highest BCUT2D eigenvalue weighted by Crippen LogP contribution is 2.67. The molecule has 4 aliphatic rings. The Balaban J connectivity index is 1.30. The minimum absolute atomic E-state index is 0.0552. The van der Waals surface area contributed by atoms with Crippen LogP contribution in [0.3, 0.4) is 0 Å². The summed E-state index contributed by atoms with van der Waals surface area (Å²) in [7, 11) is 0. The van der Waals surface area contributed by atoms with E-state index >= 15 is 0 Å². The maximum atomic E-state index is 12.7. The molecule has 0 bridgehead atoms. The Hall–Kier alpha value is -0.790. The minimum atomic E-state index is 0.0552. The fourth-order valence-corrected chi connectivity index (χ4v) is 10.9. The van der Waals surface area contributed by atoms with Gasteiger partial charge in [-0.3, -0.25) is 4.79 Å². The van der Waals surface area contributed by atoms with E-state index < -0.39 is 0 Å². The molecule has 0 radical (unpaired) electrons. The molecule has 0 saturated heterocycles. The van der Waals surface area contributed by atoms with Crippen LogP contribution in [0.2, 0.25) is 0 Å². The SMILES string of the molecule is CCCCCCCCCC(=O)O[C@H]1CC[C@@]2(C)C(=CC[C@H]3[C@@H]4CC[C@H]([C@H](C)CC[C@@H](CC)C(C)C)[C@@]4(C)CC[C@@H]32)C1. The largest absolute Gasteiger partial charge is 0.462 e. The maximum absolute atomic E-state index is 12.7. The monoisotopic (exact) mass is 569 g/mol. The molecule has 4 rings (SSSR count). The third kappa shape index (κ3) is 7.48. The van der Waals surface area contributed by atoms with Gasteiger partial charge in [-0.1, -0.05) is 111 Å². The van der Waals surface area contributed by atoms with Crippen molar-refractivity contribution in [2.75, 3.05) is 0 Å². The Kier molecular flexibility index (Phi) is 11.9. The van der Waals surface area contributed by atoms with E-state index in [-0.39, 0.29) is 12.1 Å². The number of fused-ring (bicyclic) bond motifs is 5. The van der Waals surface area contributed by atoms with Gasteiger partial charge in [0.15, 0.2) is 0 Å². The maximum Gasteiger partial charge on any atom is 0.306 e. The predicted molar refractivity (Wildman–Crippen MR) is 175 cm³/mol. The first-order chi connectivity index (χ1) is 19.6. The third-order valence-electron chi connectivity index (χ3n) is 13.6. The molecule has 9 atom stereocenters. The number of hydrogen-bond donors (Lipinski definition) is 0. The van der Waals surface area contributed by atoms with E-state index in [1.165, 1.54) is 96.3 Å². The van der Waals surface area contributed by atoms with Gasteiger partial charge >= 0.3 is 5.97 Å². The molecule has 2 nitrogen and oxygen atoms in total. The lowest BCUT2D eigenvalue weighted by Crippen LogP contribution is -2.51. The normalized spacial score (nSPS) is 36.2. The number of rotatable bonds is 15. The van der Waals surface area contributed by atoms with Gasteiger partial charge in [0, 0.05) is 12.8 Å². The van der Waals surface area contributed by atoms with Crippen LogP contribution in [0, 0.1) is 52.3 Å². The summed E-state index contributed by atoms with van der Waals surface area (Å²) in [6, 6.07) is 0. The van der Waals surface area contributed by atoms with Gasteiger partial charge in [-0.15, -0.1) is 0 Å². The third-order valence-corrected chi connectivity index (χ3v) is 13.6. The Morgan fingerprint density at radius 3 is 2.34 bits per heavy atom. The molecule has 0 aromatic rings. The molecule has 3 fully saturated rings. The zero-order valence-corrected chi connectivity index (χ0v) is 28.4. The van der Waals surface area contributed by atoms with Gasteiger partial charge < -0.3 is 4.74 Å². The van der Waals surface area contributed by atoms with E-state index in [1.54, 1.807) is 5.57 Å². The second-order valence-electron chi connectivity index (χ2n) is 16.2. The first-order valence-electron chi connectivity index (χ1n) is 18.5. The van der Waals surface area contributed by atoms with Crippen molar-refractivity contribution in [3.8, 4) is 0 Å². The summed E-state index contributed by atoms with van der Waals surface area (Å²) < 4.78 is 6.07. The van der Waals surface area contributed by atoms with E-state index in [1.807, 2.05) is 0 Å². The lowest BCUT2D eigenvalue weighted by atomic mass is 9.47. The molecule has 0 amide bonds. The molecule has 0 spiro atoms. The molecule has 4 aliphatic carbocycles. The average molecular weight is 569 g/mol. The summed E-state index contributed by atoms with van der Waals surface area (Å²) in [5.41, 5.74) is 2.52. The Morgan fingerprint density at radius 2 is 1.63 bits per heavy atom. The van der Waals surface area contributed by atoms with Crippen LogP contribution in [0.25, 0.3) is 0 Å². The van der Waals surface area contributed by atoms with Crippen LogP contribution in [0.1, 0.15) is 170 Å². The molecular formula is C39H68O2. The van der Waals surface area contributed by atoms with Crippen molar-refractivity contribution in [2.45, 2.75) is 177 Å². The second-order valence-corrected chi connectivity index (χ2v) is 16.2. The fourth-order valence-electron chi connectivity index (χ4n) is 10.9. The number of carbonyl (C=O) groups excluding carboxylic acids is 1. The van der Waals surface area contributed by atoms with Crippen LogP contribution in [0.5, 0.6) is 0 Å². The molecule has 3 saturated carbocycles. The first kappa shape index (κ1) is 33.1. The van der Waals surface area contributed by atoms with Crippen molar-refractivity contribution in [2.24, 2.45) is 52.3 Å². The van der Waals surface area contributed by atoms with Gasteiger partial charge in [0.05, 0.1) is 0 Å². The number of carbonyl (C=O) groups is 1. The quantitative estimate of drug-likeness (QED) is 0.112. The van der Waals surface area contributed by atoms with Crippen molar-refractivity contribution in [3.05, 3.63) is 11.6 Å². The molecular weight excluding hydrogens is 500 g/mol. The number of esters is 1. The van der Waals surface area contributed by atoms with Crippen LogP contribution in [-0.2, 0) is 9.53 Å². The van der Waals surface area contributed by atoms with Crippen molar-refractivity contribution in [1.82, 2.24) is 0 Å². The molecule has 0 aromatic carbocycles. The number of ether oxygens (including phenoxy) is 1. The topological polar surface area (TPSA) is 26.3 Å². The van der Waals surface area contributed by atoms with Crippen LogP contribution >= 0.6 is 0 Å². The van der Waals surface area contributed by atoms with Gasteiger partial charge in [-0.2, -0.15) is 0 Å². The molecule has 41 heavy (non-hydrogen) atoms. The first-order valence-corrected chi connectivity index (χ1v) is 18.5. The lowest BCUT2D eigenvalue weighted by molar-refractivity contribution is -0.151. The summed E-state index contributed by atoms with van der Waals surface area (Å²) in [4.78, 5) is 12.7. The van der Waals surface area contributed by atoms with Crippen LogP contribution in [-0.4, -0.2) is 12.1 Å². The number of hydrogen-bond acceptors (Lipinski definition) is 2. The zero-order valence-electron chi connectivity index (χ0n) is 28.4. The van der Waals surface area contributed by atoms with Gasteiger partial charge in [-0.25, -0.2) is 0 Å². The average Bonchev–Trinajstić information content (AvgIpc) is 3.30. The van der Waals surface area contributed by atoms with Crippen molar-refractivity contribution < 1.29 is 9.53 Å². The standard InChI is InChI=1S/C39H68O2/c1-8-10-11-12-13-14-15-16-37(40)41-32-23-25-38(6)31(27-32)19-20-33-35-22-21-34(39(35,7)26-24-36(33)38)29(5)17-18-30(9-2)28(3)4/h19,28-30,32-36H,8-18,20-27H2,1-7H3/t29-,30-,32+,33+,34-,35+,36+,38+,39-/m1/s1. The van der Waals surface area contributed by atoms with Crippen LogP contribution < -0.4 is 0 Å². The van der Waals surface area contributed by atoms with Crippen molar-refractivity contribution in [3.63, 3.8) is 0 Å². The molecule has 0 N–H and O–H groups in total. The highest BCUT2D eigenvalue weighted by molar-refractivity contribution is 5.69. The Morgan fingerprint density at radius 1 is 0.902 bits per heavy atom. The van der Waals surface area contributed by atoms with Crippen molar-refractivity contribution in [1.29, 1.82) is 0 Å². The molecule has 236 valence electrons. The summed E-state index contributed by atoms with van der Waals surface area (Å²) in [6.07, 6.45) is 26.7. The van der Waals surface area contributed by atoms with Gasteiger partial charge in [-0.05, 0) is 110 Å². The van der Waals surface area contributed by atoms with Gasteiger partial charge in [0.2, 0.25) is 0 Å². The van der Waals surface area contributed by atoms with E-state index in [4.69, 9.17) is 4.74 Å². The molecule has 0 unspecified atom stereocenters. The number of allylic oxidation sites excluding steroid dienone is 1. The number of unbranched alkanes of at least 4 members (excludes halogenated alkanes) is 6. The Bertz CT molecular complexity index is 858. The highest BCUT2D eigenvalue weighted by Gasteiger charge is 2.59. The van der Waals surface area contributed by atoms with Gasteiger partial charge in [0.1, 0.15) is 6.10 Å². The van der Waals surface area contributed by atoms with Crippen LogP contribution in [0.15, 0.2) is 11.6 Å². The second kappa shape index (κ2) is 14.8. The molecule has 0 aromatic heterocycles. The molecule has 0 aliphatic heterocycles. The van der Waals surface area contributed by atoms with E-state index in [2.05, 4.69) is 54.5 Å². The van der Waals surface area contributed by atoms with E-state index in [0.717, 1.165) is 60.7 Å². The predicted octanol–water partition coefficient (Wildman–Crippen LogP) is 11.7. The summed E-state index contributed by atoms with van der Waals surface area (Å²) >= 11 is 0. The smallest absolute Gasteiger partial charge is 0.306 e. The summed E-state index contributed by atoms with van der Waals surface area (Å²) in [5.74, 6) is 6.18. The van der Waals surface area contributed by atoms with E-state index in [9.17, 15) is 4.79 Å². The minimum Gasteiger partial charge on any atom is -0.462 e. The highest BCUT2D eigenvalue weighted by atomic mass is 16.5. The summed E-state index contributed by atoms with van der Waals surface area (Å²) in [6.45, 7) is 17.4. The zero-order chi connectivity index (χ0) is 29.6. The van der Waals surface area contributed by atoms with Gasteiger partial charge in [0.25, 0.3) is 0 Å².